The molecule has 0 atom stereocenters. The molecule has 0 radical (unpaired) electrons. The van der Waals surface area contributed by atoms with Crippen LogP contribution in [0, 0.1) is 17.0 Å². The van der Waals surface area contributed by atoms with Crippen molar-refractivity contribution >= 4 is 23.1 Å². The zero-order valence-electron chi connectivity index (χ0n) is 10.8. The molecule has 0 aliphatic carbocycles. The van der Waals surface area contributed by atoms with Gasteiger partial charge in [-0.2, -0.15) is 0 Å². The molecular formula is C14H13N3O3. The normalized spacial score (nSPS) is 9.85. The lowest BCUT2D eigenvalue weighted by Crippen LogP contribution is -2.19. The summed E-state index contributed by atoms with van der Waals surface area (Å²) in [6.45, 7) is 1.96. The van der Waals surface area contributed by atoms with Gasteiger partial charge in [0.25, 0.3) is 5.69 Å². The van der Waals surface area contributed by atoms with Crippen LogP contribution >= 0.6 is 0 Å². The number of carbonyl (C=O) groups is 1. The molecule has 0 saturated heterocycles. The average molecular weight is 271 g/mol. The average Bonchev–Trinajstić information content (AvgIpc) is 2.42. The number of nitro groups is 1. The summed E-state index contributed by atoms with van der Waals surface area (Å²) >= 11 is 0. The molecule has 0 heterocycles. The highest BCUT2D eigenvalue weighted by atomic mass is 16.6. The number of carbonyl (C=O) groups excluding carboxylic acids is 1. The van der Waals surface area contributed by atoms with Crippen molar-refractivity contribution in [2.75, 3.05) is 10.6 Å². The van der Waals surface area contributed by atoms with E-state index in [-0.39, 0.29) is 5.69 Å². The van der Waals surface area contributed by atoms with E-state index in [4.69, 9.17) is 0 Å². The van der Waals surface area contributed by atoms with Crippen LogP contribution in [0.2, 0.25) is 0 Å². The number of rotatable bonds is 3. The third-order valence-electron chi connectivity index (χ3n) is 2.65. The van der Waals surface area contributed by atoms with Crippen LogP contribution in [-0.2, 0) is 0 Å². The van der Waals surface area contributed by atoms with Crippen molar-refractivity contribution in [3.05, 3.63) is 64.2 Å². The third kappa shape index (κ3) is 3.55. The van der Waals surface area contributed by atoms with Gasteiger partial charge in [-0.25, -0.2) is 4.79 Å². The number of anilines is 2. The highest BCUT2D eigenvalue weighted by Gasteiger charge is 2.06. The summed E-state index contributed by atoms with van der Waals surface area (Å²) in [6.07, 6.45) is 0. The summed E-state index contributed by atoms with van der Waals surface area (Å²) < 4.78 is 0. The Morgan fingerprint density at radius 3 is 1.85 bits per heavy atom. The topological polar surface area (TPSA) is 84.3 Å². The second-order valence-corrected chi connectivity index (χ2v) is 4.25. The fourth-order valence-corrected chi connectivity index (χ4v) is 1.60. The zero-order chi connectivity index (χ0) is 14.5. The van der Waals surface area contributed by atoms with Crippen LogP contribution in [0.25, 0.3) is 0 Å². The largest absolute Gasteiger partial charge is 0.323 e. The molecule has 2 aromatic rings. The Morgan fingerprint density at radius 1 is 0.950 bits per heavy atom. The molecule has 6 nitrogen and oxygen atoms in total. The molecule has 0 fully saturated rings. The molecule has 0 spiro atoms. The van der Waals surface area contributed by atoms with E-state index < -0.39 is 11.0 Å². The maximum absolute atomic E-state index is 11.7. The number of amides is 2. The second kappa shape index (κ2) is 5.83. The van der Waals surface area contributed by atoms with E-state index in [2.05, 4.69) is 10.6 Å². The third-order valence-corrected chi connectivity index (χ3v) is 2.65. The quantitative estimate of drug-likeness (QED) is 0.661. The fraction of sp³-hybridized carbons (Fsp3) is 0.0714. The minimum absolute atomic E-state index is 0.0190. The van der Waals surface area contributed by atoms with Gasteiger partial charge in [-0.1, -0.05) is 17.7 Å². The predicted octanol–water partition coefficient (Wildman–Crippen LogP) is 3.55. The highest BCUT2D eigenvalue weighted by Crippen LogP contribution is 2.16. The number of benzene rings is 2. The Labute approximate surface area is 115 Å². The molecule has 6 heteroatoms. The summed E-state index contributed by atoms with van der Waals surface area (Å²) in [5, 5.41) is 15.8. The van der Waals surface area contributed by atoms with Crippen LogP contribution in [0.4, 0.5) is 21.9 Å². The van der Waals surface area contributed by atoms with E-state index in [0.717, 1.165) is 5.56 Å². The SMILES string of the molecule is Cc1ccc(NC(=O)Nc2ccc([N+](=O)[O-])cc2)cc1. The van der Waals surface area contributed by atoms with Crippen molar-refractivity contribution in [2.45, 2.75) is 6.92 Å². The Bertz CT molecular complexity index is 621. The molecule has 0 unspecified atom stereocenters. The Balaban J connectivity index is 1.97. The Kier molecular flexibility index (Phi) is 3.95. The van der Waals surface area contributed by atoms with Gasteiger partial charge in [-0.05, 0) is 31.2 Å². The van der Waals surface area contributed by atoms with Crippen LogP contribution in [0.3, 0.4) is 0 Å². The maximum atomic E-state index is 11.7. The number of hydrogen-bond donors (Lipinski definition) is 2. The molecule has 0 aliphatic heterocycles. The van der Waals surface area contributed by atoms with Crippen LogP contribution < -0.4 is 10.6 Å². The first-order chi connectivity index (χ1) is 9.54. The van der Waals surface area contributed by atoms with Gasteiger partial charge in [-0.3, -0.25) is 10.1 Å². The number of urea groups is 1. The van der Waals surface area contributed by atoms with E-state index >= 15 is 0 Å². The molecular weight excluding hydrogens is 258 g/mol. The number of aryl methyl sites for hydroxylation is 1. The number of non-ortho nitro benzene ring substituents is 1. The van der Waals surface area contributed by atoms with E-state index in [1.54, 1.807) is 12.1 Å². The van der Waals surface area contributed by atoms with Crippen molar-refractivity contribution in [1.29, 1.82) is 0 Å². The summed E-state index contributed by atoms with van der Waals surface area (Å²) in [5.41, 5.74) is 2.25. The molecule has 0 aliphatic rings. The van der Waals surface area contributed by atoms with Gasteiger partial charge in [0.05, 0.1) is 4.92 Å². The van der Waals surface area contributed by atoms with Crippen molar-refractivity contribution in [2.24, 2.45) is 0 Å². The van der Waals surface area contributed by atoms with Crippen molar-refractivity contribution < 1.29 is 9.72 Å². The van der Waals surface area contributed by atoms with Crippen LogP contribution in [0.1, 0.15) is 5.56 Å². The zero-order valence-corrected chi connectivity index (χ0v) is 10.8. The molecule has 2 aromatic carbocycles. The van der Waals surface area contributed by atoms with E-state index in [1.807, 2.05) is 19.1 Å². The smallest absolute Gasteiger partial charge is 0.308 e. The van der Waals surface area contributed by atoms with E-state index in [9.17, 15) is 14.9 Å². The first-order valence-corrected chi connectivity index (χ1v) is 5.94. The minimum atomic E-state index is -0.490. The lowest BCUT2D eigenvalue weighted by atomic mass is 10.2. The Morgan fingerprint density at radius 2 is 1.40 bits per heavy atom. The monoisotopic (exact) mass is 271 g/mol. The minimum Gasteiger partial charge on any atom is -0.308 e. The lowest BCUT2D eigenvalue weighted by molar-refractivity contribution is -0.384. The summed E-state index contributed by atoms with van der Waals surface area (Å²) in [6, 6.07) is 12.6. The number of nitrogens with one attached hydrogen (secondary N) is 2. The molecule has 102 valence electrons. The molecule has 0 aromatic heterocycles. The number of nitro benzene ring substituents is 1. The van der Waals surface area contributed by atoms with Crippen LogP contribution in [-0.4, -0.2) is 11.0 Å². The molecule has 20 heavy (non-hydrogen) atoms. The first-order valence-electron chi connectivity index (χ1n) is 5.94. The number of nitrogens with zero attached hydrogens (tertiary/aromatic N) is 1. The van der Waals surface area contributed by atoms with Crippen molar-refractivity contribution in [1.82, 2.24) is 0 Å². The van der Waals surface area contributed by atoms with E-state index in [0.29, 0.717) is 11.4 Å². The summed E-state index contributed by atoms with van der Waals surface area (Å²) in [4.78, 5) is 21.7. The number of hydrogen-bond acceptors (Lipinski definition) is 3. The van der Waals surface area contributed by atoms with Crippen molar-refractivity contribution in [3.8, 4) is 0 Å². The fourth-order valence-electron chi connectivity index (χ4n) is 1.60. The Hall–Kier alpha value is -2.89. The van der Waals surface area contributed by atoms with Crippen LogP contribution in [0.5, 0.6) is 0 Å². The van der Waals surface area contributed by atoms with Gasteiger partial charge >= 0.3 is 6.03 Å². The summed E-state index contributed by atoms with van der Waals surface area (Å²) in [7, 11) is 0. The standard InChI is InChI=1S/C14H13N3O3/c1-10-2-4-11(5-3-10)15-14(18)16-12-6-8-13(9-7-12)17(19)20/h2-9H,1H3,(H2,15,16,18). The molecule has 2 N–H and O–H groups in total. The van der Waals surface area contributed by atoms with Gasteiger partial charge in [0.1, 0.15) is 0 Å². The van der Waals surface area contributed by atoms with Gasteiger partial charge < -0.3 is 10.6 Å². The maximum Gasteiger partial charge on any atom is 0.323 e. The molecule has 0 bridgehead atoms. The summed E-state index contributed by atoms with van der Waals surface area (Å²) in [5.74, 6) is 0. The molecule has 2 rings (SSSR count). The van der Waals surface area contributed by atoms with E-state index in [1.165, 1.54) is 24.3 Å². The predicted molar refractivity (Wildman–Crippen MR) is 76.9 cm³/mol. The second-order valence-electron chi connectivity index (χ2n) is 4.25. The van der Waals surface area contributed by atoms with Gasteiger partial charge in [0.2, 0.25) is 0 Å². The first kappa shape index (κ1) is 13.5. The van der Waals surface area contributed by atoms with Gasteiger partial charge in [0.15, 0.2) is 0 Å². The van der Waals surface area contributed by atoms with Crippen molar-refractivity contribution in [3.63, 3.8) is 0 Å². The lowest BCUT2D eigenvalue weighted by Gasteiger charge is -2.07. The molecule has 2 amide bonds. The van der Waals surface area contributed by atoms with Crippen LogP contribution in [0.15, 0.2) is 48.5 Å². The highest BCUT2D eigenvalue weighted by molar-refractivity contribution is 5.99. The molecule has 0 saturated carbocycles. The van der Waals surface area contributed by atoms with Gasteiger partial charge in [-0.15, -0.1) is 0 Å². The van der Waals surface area contributed by atoms with Gasteiger partial charge in [0, 0.05) is 23.5 Å².